The highest BCUT2D eigenvalue weighted by Gasteiger charge is 2.23. The van der Waals surface area contributed by atoms with E-state index in [2.05, 4.69) is 18.7 Å². The van der Waals surface area contributed by atoms with Crippen LogP contribution >= 0.6 is 0 Å². The van der Waals surface area contributed by atoms with E-state index in [1.807, 2.05) is 0 Å². The molecule has 0 spiro atoms. The fourth-order valence-electron chi connectivity index (χ4n) is 3.33. The molecule has 2 nitrogen and oxygen atoms in total. The number of phenols is 1. The molecule has 1 aliphatic heterocycles. The number of aromatic hydroxyl groups is 1. The fourth-order valence-corrected chi connectivity index (χ4v) is 3.33. The molecule has 112 valence electrons. The lowest BCUT2D eigenvalue weighted by atomic mass is 9.96. The first-order valence-electron chi connectivity index (χ1n) is 7.84. The average molecular weight is 279 g/mol. The summed E-state index contributed by atoms with van der Waals surface area (Å²) >= 11 is 0. The Kier molecular flexibility index (Phi) is 5.41. The van der Waals surface area contributed by atoms with Crippen LogP contribution in [0.5, 0.6) is 5.75 Å². The van der Waals surface area contributed by atoms with Crippen molar-refractivity contribution in [2.45, 2.75) is 52.0 Å². The molecule has 2 rings (SSSR count). The van der Waals surface area contributed by atoms with Crippen LogP contribution in [0, 0.1) is 11.7 Å². The molecule has 0 radical (unpaired) electrons. The summed E-state index contributed by atoms with van der Waals surface area (Å²) in [7, 11) is 0. The van der Waals surface area contributed by atoms with Crippen LogP contribution in [0.1, 0.15) is 57.6 Å². The van der Waals surface area contributed by atoms with Crippen LogP contribution in [0.15, 0.2) is 18.2 Å². The predicted molar refractivity (Wildman–Crippen MR) is 80.3 cm³/mol. The van der Waals surface area contributed by atoms with Crippen LogP contribution in [-0.2, 0) is 0 Å². The van der Waals surface area contributed by atoms with Gasteiger partial charge in [-0.15, -0.1) is 0 Å². The summed E-state index contributed by atoms with van der Waals surface area (Å²) in [6.07, 6.45) is 6.28. The van der Waals surface area contributed by atoms with Crippen LogP contribution in [-0.4, -0.2) is 23.1 Å². The Bertz CT molecular complexity index is 435. The molecule has 1 aromatic rings. The van der Waals surface area contributed by atoms with E-state index in [1.54, 1.807) is 0 Å². The number of hydrogen-bond acceptors (Lipinski definition) is 2. The smallest absolute Gasteiger partial charge is 0.123 e. The van der Waals surface area contributed by atoms with Crippen LogP contribution in [0.25, 0.3) is 0 Å². The zero-order valence-corrected chi connectivity index (χ0v) is 12.6. The normalized spacial score (nSPS) is 22.4. The second kappa shape index (κ2) is 7.07. The lowest BCUT2D eigenvalue weighted by Gasteiger charge is -2.28. The Labute approximate surface area is 121 Å². The van der Waals surface area contributed by atoms with Gasteiger partial charge in [-0.25, -0.2) is 4.39 Å². The number of halogens is 1. The molecule has 0 aromatic heterocycles. The van der Waals surface area contributed by atoms with E-state index in [9.17, 15) is 9.50 Å². The number of likely N-dealkylation sites (tertiary alicyclic amines) is 1. The lowest BCUT2D eigenvalue weighted by Crippen LogP contribution is -2.28. The Morgan fingerprint density at radius 1 is 1.35 bits per heavy atom. The van der Waals surface area contributed by atoms with Gasteiger partial charge in [-0.05, 0) is 63.4 Å². The van der Waals surface area contributed by atoms with Gasteiger partial charge in [-0.1, -0.05) is 19.8 Å². The Morgan fingerprint density at radius 2 is 2.15 bits per heavy atom. The van der Waals surface area contributed by atoms with Gasteiger partial charge in [0.05, 0.1) is 0 Å². The maximum Gasteiger partial charge on any atom is 0.123 e. The van der Waals surface area contributed by atoms with Crippen molar-refractivity contribution in [3.63, 3.8) is 0 Å². The molecule has 1 aromatic carbocycles. The molecule has 1 heterocycles. The number of rotatable bonds is 4. The third kappa shape index (κ3) is 3.72. The van der Waals surface area contributed by atoms with E-state index in [4.69, 9.17) is 0 Å². The largest absolute Gasteiger partial charge is 0.508 e. The highest BCUT2D eigenvalue weighted by Crippen LogP contribution is 2.32. The lowest BCUT2D eigenvalue weighted by molar-refractivity contribution is 0.212. The van der Waals surface area contributed by atoms with Gasteiger partial charge in [0.25, 0.3) is 0 Å². The molecule has 0 saturated carbocycles. The molecular formula is C17H26FNO. The molecule has 0 aliphatic carbocycles. The zero-order valence-electron chi connectivity index (χ0n) is 12.6. The van der Waals surface area contributed by atoms with Gasteiger partial charge in [0.15, 0.2) is 0 Å². The summed E-state index contributed by atoms with van der Waals surface area (Å²) in [5, 5.41) is 9.95. The fraction of sp³-hybridized carbons (Fsp3) is 0.647. The SMILES string of the molecule is CCCC1CCCN(C(C)c2cc(F)ccc2O)CC1. The number of phenolic OH excluding ortho intramolecular Hbond substituents is 1. The first-order valence-corrected chi connectivity index (χ1v) is 7.84. The second-order valence-electron chi connectivity index (χ2n) is 6.00. The van der Waals surface area contributed by atoms with E-state index in [-0.39, 0.29) is 17.6 Å². The molecular weight excluding hydrogens is 253 g/mol. The maximum absolute atomic E-state index is 13.4. The molecule has 0 bridgehead atoms. The summed E-state index contributed by atoms with van der Waals surface area (Å²) < 4.78 is 13.4. The summed E-state index contributed by atoms with van der Waals surface area (Å²) in [6.45, 7) is 6.39. The van der Waals surface area contributed by atoms with Crippen molar-refractivity contribution < 1.29 is 9.50 Å². The van der Waals surface area contributed by atoms with Crippen LogP contribution in [0.3, 0.4) is 0 Å². The standard InChI is InChI=1S/C17H26FNO/c1-3-5-14-6-4-10-19(11-9-14)13(2)16-12-15(18)7-8-17(16)20/h7-8,12-14,20H,3-6,9-11H2,1-2H3. The van der Waals surface area contributed by atoms with E-state index in [0.717, 1.165) is 19.0 Å². The molecule has 0 amide bonds. The Hall–Kier alpha value is -1.09. The number of benzene rings is 1. The molecule has 1 fully saturated rings. The van der Waals surface area contributed by atoms with Crippen LogP contribution in [0.4, 0.5) is 4.39 Å². The van der Waals surface area contributed by atoms with E-state index >= 15 is 0 Å². The van der Waals surface area contributed by atoms with Crippen molar-refractivity contribution in [2.24, 2.45) is 5.92 Å². The van der Waals surface area contributed by atoms with Gasteiger partial charge in [-0.3, -0.25) is 4.90 Å². The first kappa shape index (κ1) is 15.3. The average Bonchev–Trinajstić information content (AvgIpc) is 2.67. The van der Waals surface area contributed by atoms with Crippen molar-refractivity contribution in [1.82, 2.24) is 4.90 Å². The van der Waals surface area contributed by atoms with E-state index < -0.39 is 0 Å². The van der Waals surface area contributed by atoms with Gasteiger partial charge in [0.1, 0.15) is 11.6 Å². The number of nitrogens with zero attached hydrogens (tertiary/aromatic N) is 1. The van der Waals surface area contributed by atoms with Gasteiger partial charge in [0.2, 0.25) is 0 Å². The van der Waals surface area contributed by atoms with Crippen molar-refractivity contribution in [3.05, 3.63) is 29.6 Å². The third-order valence-corrected chi connectivity index (χ3v) is 4.57. The van der Waals surface area contributed by atoms with E-state index in [0.29, 0.717) is 5.56 Å². The zero-order chi connectivity index (χ0) is 14.5. The topological polar surface area (TPSA) is 23.5 Å². The Balaban J connectivity index is 2.05. The van der Waals surface area contributed by atoms with Crippen molar-refractivity contribution in [3.8, 4) is 5.75 Å². The van der Waals surface area contributed by atoms with E-state index in [1.165, 1.54) is 50.3 Å². The quantitative estimate of drug-likeness (QED) is 0.877. The molecule has 2 atom stereocenters. The van der Waals surface area contributed by atoms with Crippen LogP contribution in [0.2, 0.25) is 0 Å². The minimum Gasteiger partial charge on any atom is -0.508 e. The highest BCUT2D eigenvalue weighted by molar-refractivity contribution is 5.34. The Morgan fingerprint density at radius 3 is 2.90 bits per heavy atom. The number of hydrogen-bond donors (Lipinski definition) is 1. The minimum absolute atomic E-state index is 0.0751. The molecule has 3 heteroatoms. The van der Waals surface area contributed by atoms with Crippen molar-refractivity contribution >= 4 is 0 Å². The maximum atomic E-state index is 13.4. The third-order valence-electron chi connectivity index (χ3n) is 4.57. The van der Waals surface area contributed by atoms with Gasteiger partial charge in [0, 0.05) is 11.6 Å². The molecule has 1 saturated heterocycles. The molecule has 2 unspecified atom stereocenters. The monoisotopic (exact) mass is 279 g/mol. The molecule has 1 aliphatic rings. The first-order chi connectivity index (χ1) is 9.61. The molecule has 1 N–H and O–H groups in total. The van der Waals surface area contributed by atoms with Gasteiger partial charge < -0.3 is 5.11 Å². The molecule has 20 heavy (non-hydrogen) atoms. The predicted octanol–water partition coefficient (Wildman–Crippen LogP) is 4.49. The summed E-state index contributed by atoms with van der Waals surface area (Å²) in [5.74, 6) is 0.759. The highest BCUT2D eigenvalue weighted by atomic mass is 19.1. The summed E-state index contributed by atoms with van der Waals surface area (Å²) in [6, 6.07) is 4.31. The van der Waals surface area contributed by atoms with Crippen molar-refractivity contribution in [2.75, 3.05) is 13.1 Å². The second-order valence-corrected chi connectivity index (χ2v) is 6.00. The van der Waals surface area contributed by atoms with Crippen LogP contribution < -0.4 is 0 Å². The van der Waals surface area contributed by atoms with Crippen molar-refractivity contribution in [1.29, 1.82) is 0 Å². The summed E-state index contributed by atoms with van der Waals surface area (Å²) in [4.78, 5) is 2.38. The minimum atomic E-state index is -0.275. The summed E-state index contributed by atoms with van der Waals surface area (Å²) in [5.41, 5.74) is 0.707. The van der Waals surface area contributed by atoms with Gasteiger partial charge >= 0.3 is 0 Å². The van der Waals surface area contributed by atoms with Gasteiger partial charge in [-0.2, -0.15) is 0 Å².